The van der Waals surface area contributed by atoms with Gasteiger partial charge in [-0.15, -0.1) is 0 Å². The van der Waals surface area contributed by atoms with Gasteiger partial charge < -0.3 is 29.5 Å². The van der Waals surface area contributed by atoms with Crippen LogP contribution in [0.25, 0.3) is 0 Å². The summed E-state index contributed by atoms with van der Waals surface area (Å²) in [6, 6.07) is 2.69. The zero-order chi connectivity index (χ0) is 18.6. The number of esters is 1. The van der Waals surface area contributed by atoms with Gasteiger partial charge in [0.25, 0.3) is 5.91 Å². The Morgan fingerprint density at radius 3 is 2.60 bits per heavy atom. The molecule has 2 N–H and O–H groups in total. The molecule has 136 valence electrons. The summed E-state index contributed by atoms with van der Waals surface area (Å²) in [5.74, 6) is -1.78. The van der Waals surface area contributed by atoms with Crippen LogP contribution in [-0.2, 0) is 14.3 Å². The molecular weight excluding hydrogens is 335 g/mol. The van der Waals surface area contributed by atoms with Gasteiger partial charge in [-0.1, -0.05) is 0 Å². The lowest BCUT2D eigenvalue weighted by Crippen LogP contribution is -2.31. The highest BCUT2D eigenvalue weighted by Gasteiger charge is 2.35. The number of nitrogens with zero attached hydrogens (tertiary/aromatic N) is 1. The zero-order valence-corrected chi connectivity index (χ0v) is 14.1. The van der Waals surface area contributed by atoms with Crippen LogP contribution in [-0.4, -0.2) is 62.9 Å². The molecule has 1 aromatic rings. The number of benzene rings is 1. The molecule has 1 aliphatic rings. The highest BCUT2D eigenvalue weighted by Crippen LogP contribution is 2.33. The zero-order valence-electron chi connectivity index (χ0n) is 14.1. The minimum absolute atomic E-state index is 0.0361. The molecule has 1 aliphatic heterocycles. The van der Waals surface area contributed by atoms with Crippen LogP contribution in [0.15, 0.2) is 23.4 Å². The van der Waals surface area contributed by atoms with Gasteiger partial charge in [0.05, 0.1) is 45.7 Å². The standard InChI is InChI=1S/C16H19FN2O6/c1-23-9-6-11(13(17)12(7-9)24-2)18-14-10(16(22)25-3)8-19(4-5-20)15(14)21/h6-7,18,20H,4-5,8H2,1-3H3. The van der Waals surface area contributed by atoms with E-state index in [1.807, 2.05) is 0 Å². The summed E-state index contributed by atoms with van der Waals surface area (Å²) in [6.45, 7) is -0.277. The van der Waals surface area contributed by atoms with E-state index in [4.69, 9.17) is 14.6 Å². The summed E-state index contributed by atoms with van der Waals surface area (Å²) >= 11 is 0. The van der Waals surface area contributed by atoms with Gasteiger partial charge in [0.15, 0.2) is 11.6 Å². The Kier molecular flexibility index (Phi) is 5.81. The van der Waals surface area contributed by atoms with Crippen molar-refractivity contribution in [2.24, 2.45) is 0 Å². The number of carbonyl (C=O) groups is 2. The second kappa shape index (κ2) is 7.84. The number of methoxy groups -OCH3 is 3. The van der Waals surface area contributed by atoms with E-state index in [-0.39, 0.29) is 42.4 Å². The number of hydrogen-bond acceptors (Lipinski definition) is 7. The Hall–Kier alpha value is -2.81. The normalized spacial score (nSPS) is 14.0. The topological polar surface area (TPSA) is 97.3 Å². The first kappa shape index (κ1) is 18.5. The molecule has 0 aromatic heterocycles. The first-order chi connectivity index (χ1) is 12.0. The van der Waals surface area contributed by atoms with Gasteiger partial charge in [-0.05, 0) is 0 Å². The third kappa shape index (κ3) is 3.66. The second-order valence-corrected chi connectivity index (χ2v) is 5.11. The fraction of sp³-hybridized carbons (Fsp3) is 0.375. The van der Waals surface area contributed by atoms with Crippen LogP contribution < -0.4 is 14.8 Å². The summed E-state index contributed by atoms with van der Waals surface area (Å²) in [5, 5.41) is 11.7. The van der Waals surface area contributed by atoms with Crippen LogP contribution in [0.4, 0.5) is 10.1 Å². The molecule has 0 atom stereocenters. The van der Waals surface area contributed by atoms with Crippen molar-refractivity contribution < 1.29 is 33.3 Å². The van der Waals surface area contributed by atoms with Crippen molar-refractivity contribution in [3.05, 3.63) is 29.2 Å². The number of hydrogen-bond donors (Lipinski definition) is 2. The maximum absolute atomic E-state index is 14.5. The molecule has 9 heteroatoms. The maximum atomic E-state index is 14.5. The molecule has 2 rings (SSSR count). The first-order valence-electron chi connectivity index (χ1n) is 7.36. The molecule has 0 spiro atoms. The smallest absolute Gasteiger partial charge is 0.337 e. The number of ether oxygens (including phenoxy) is 3. The number of nitrogens with one attached hydrogen (secondary N) is 1. The molecule has 0 fully saturated rings. The molecule has 25 heavy (non-hydrogen) atoms. The lowest BCUT2D eigenvalue weighted by molar-refractivity contribution is -0.136. The van der Waals surface area contributed by atoms with Crippen molar-refractivity contribution in [2.45, 2.75) is 0 Å². The van der Waals surface area contributed by atoms with E-state index in [0.29, 0.717) is 5.75 Å². The highest BCUT2D eigenvalue weighted by atomic mass is 19.1. The summed E-state index contributed by atoms with van der Waals surface area (Å²) in [7, 11) is 3.88. The Bertz CT molecular complexity index is 719. The molecule has 0 unspecified atom stereocenters. The van der Waals surface area contributed by atoms with Gasteiger partial charge in [0.1, 0.15) is 11.4 Å². The summed E-state index contributed by atoms with van der Waals surface area (Å²) in [6.07, 6.45) is 0. The molecule has 0 aliphatic carbocycles. The Balaban J connectivity index is 2.45. The number of carbonyl (C=O) groups excluding carboxylic acids is 2. The van der Waals surface area contributed by atoms with Gasteiger partial charge in [-0.25, -0.2) is 9.18 Å². The molecule has 0 bridgehead atoms. The second-order valence-electron chi connectivity index (χ2n) is 5.11. The third-order valence-electron chi connectivity index (χ3n) is 3.68. The number of rotatable bonds is 7. The van der Waals surface area contributed by atoms with Crippen LogP contribution >= 0.6 is 0 Å². The van der Waals surface area contributed by atoms with Crippen LogP contribution in [0.3, 0.4) is 0 Å². The third-order valence-corrected chi connectivity index (χ3v) is 3.68. The number of β-amino-alcohol motifs (C(OH)–C–C–N with tert-alkyl or cyclic N) is 1. The van der Waals surface area contributed by atoms with Crippen LogP contribution in [0.1, 0.15) is 0 Å². The Morgan fingerprint density at radius 2 is 2.04 bits per heavy atom. The van der Waals surface area contributed by atoms with Crippen LogP contribution in [0.2, 0.25) is 0 Å². The average molecular weight is 354 g/mol. The summed E-state index contributed by atoms with van der Waals surface area (Å²) in [4.78, 5) is 25.6. The number of halogens is 1. The van der Waals surface area contributed by atoms with E-state index in [0.717, 1.165) is 0 Å². The van der Waals surface area contributed by atoms with Gasteiger partial charge in [-0.2, -0.15) is 0 Å². The highest BCUT2D eigenvalue weighted by molar-refractivity contribution is 6.08. The van der Waals surface area contributed by atoms with Crippen molar-refractivity contribution >= 4 is 17.6 Å². The number of anilines is 1. The molecule has 8 nitrogen and oxygen atoms in total. The van der Waals surface area contributed by atoms with Crippen molar-refractivity contribution in [2.75, 3.05) is 46.3 Å². The van der Waals surface area contributed by atoms with Crippen LogP contribution in [0, 0.1) is 5.82 Å². The predicted octanol–water partition coefficient (Wildman–Crippen LogP) is 0.516. The largest absolute Gasteiger partial charge is 0.497 e. The van der Waals surface area contributed by atoms with Crippen molar-refractivity contribution in [3.63, 3.8) is 0 Å². The van der Waals surface area contributed by atoms with Gasteiger partial charge in [-0.3, -0.25) is 4.79 Å². The molecular formula is C16H19FN2O6. The first-order valence-corrected chi connectivity index (χ1v) is 7.36. The maximum Gasteiger partial charge on any atom is 0.337 e. The molecule has 0 saturated carbocycles. The van der Waals surface area contributed by atoms with Crippen molar-refractivity contribution in [1.82, 2.24) is 4.90 Å². The van der Waals surface area contributed by atoms with Crippen molar-refractivity contribution in [3.8, 4) is 11.5 Å². The monoisotopic (exact) mass is 354 g/mol. The molecule has 1 amide bonds. The molecule has 1 heterocycles. The molecule has 0 saturated heterocycles. The predicted molar refractivity (Wildman–Crippen MR) is 85.8 cm³/mol. The minimum atomic E-state index is -0.742. The van der Waals surface area contributed by atoms with E-state index in [1.165, 1.54) is 38.4 Å². The van der Waals surface area contributed by atoms with Crippen LogP contribution in [0.5, 0.6) is 11.5 Å². The summed E-state index contributed by atoms with van der Waals surface area (Å²) in [5.41, 5.74) is -0.163. The number of amides is 1. The number of aliphatic hydroxyl groups excluding tert-OH is 1. The fourth-order valence-corrected chi connectivity index (χ4v) is 2.41. The van der Waals surface area contributed by atoms with Gasteiger partial charge in [0, 0.05) is 18.7 Å². The Morgan fingerprint density at radius 1 is 1.32 bits per heavy atom. The van der Waals surface area contributed by atoms with E-state index in [2.05, 4.69) is 10.1 Å². The minimum Gasteiger partial charge on any atom is -0.497 e. The van der Waals surface area contributed by atoms with E-state index < -0.39 is 17.7 Å². The molecule has 0 radical (unpaired) electrons. The van der Waals surface area contributed by atoms with Crippen molar-refractivity contribution in [1.29, 1.82) is 0 Å². The fourth-order valence-electron chi connectivity index (χ4n) is 2.41. The SMILES string of the molecule is COC(=O)C1=C(Nc2cc(OC)cc(OC)c2F)C(=O)N(CCO)C1. The van der Waals surface area contributed by atoms with Gasteiger partial charge >= 0.3 is 5.97 Å². The summed E-state index contributed by atoms with van der Waals surface area (Å²) < 4.78 is 29.2. The number of aliphatic hydroxyl groups is 1. The lowest BCUT2D eigenvalue weighted by Gasteiger charge is -2.16. The quantitative estimate of drug-likeness (QED) is 0.689. The van der Waals surface area contributed by atoms with E-state index in [1.54, 1.807) is 0 Å². The average Bonchev–Trinajstić information content (AvgIpc) is 2.92. The van der Waals surface area contributed by atoms with E-state index in [9.17, 15) is 14.0 Å². The van der Waals surface area contributed by atoms with Gasteiger partial charge in [0.2, 0.25) is 0 Å². The lowest BCUT2D eigenvalue weighted by atomic mass is 10.2. The molecule has 1 aromatic carbocycles. The Labute approximate surface area is 143 Å². The van der Waals surface area contributed by atoms with E-state index >= 15 is 0 Å².